The van der Waals surface area contributed by atoms with Gasteiger partial charge in [-0.05, 0) is 23.6 Å². The molecule has 1 aliphatic heterocycles. The number of rotatable bonds is 5. The minimum Gasteiger partial charge on any atom is -0.480 e. The SMILES string of the molecule is O=C(O)C(Cc1ccc(Cl)cc1)N1CC(CCl)CC1=O. The van der Waals surface area contributed by atoms with Gasteiger partial charge >= 0.3 is 5.97 Å². The third kappa shape index (κ3) is 3.44. The first kappa shape index (κ1) is 15.1. The van der Waals surface area contributed by atoms with E-state index in [4.69, 9.17) is 23.2 Å². The minimum absolute atomic E-state index is 0.0382. The number of amides is 1. The van der Waals surface area contributed by atoms with Gasteiger partial charge < -0.3 is 10.0 Å². The lowest BCUT2D eigenvalue weighted by Gasteiger charge is -2.24. The number of benzene rings is 1. The summed E-state index contributed by atoms with van der Waals surface area (Å²) in [5.41, 5.74) is 0.837. The van der Waals surface area contributed by atoms with E-state index in [1.54, 1.807) is 24.3 Å². The fourth-order valence-corrected chi connectivity index (χ4v) is 2.72. The van der Waals surface area contributed by atoms with Crippen LogP contribution in [0.3, 0.4) is 0 Å². The molecule has 6 heteroatoms. The molecule has 0 aromatic heterocycles. The molecule has 1 aromatic rings. The molecule has 1 aromatic carbocycles. The Morgan fingerprint density at radius 1 is 1.40 bits per heavy atom. The van der Waals surface area contributed by atoms with Gasteiger partial charge in [0.2, 0.25) is 5.91 Å². The molecule has 2 rings (SSSR count). The average molecular weight is 316 g/mol. The van der Waals surface area contributed by atoms with Crippen molar-refractivity contribution in [2.45, 2.75) is 18.9 Å². The maximum atomic E-state index is 11.9. The lowest BCUT2D eigenvalue weighted by atomic mass is 10.0. The van der Waals surface area contributed by atoms with Gasteiger partial charge in [0.05, 0.1) is 0 Å². The van der Waals surface area contributed by atoms with Crippen LogP contribution in [-0.2, 0) is 16.0 Å². The van der Waals surface area contributed by atoms with E-state index in [-0.39, 0.29) is 18.2 Å². The van der Waals surface area contributed by atoms with Gasteiger partial charge in [0.1, 0.15) is 6.04 Å². The van der Waals surface area contributed by atoms with Crippen LogP contribution in [0.2, 0.25) is 5.02 Å². The zero-order chi connectivity index (χ0) is 14.7. The lowest BCUT2D eigenvalue weighted by molar-refractivity contribution is -0.148. The van der Waals surface area contributed by atoms with Crippen LogP contribution < -0.4 is 0 Å². The van der Waals surface area contributed by atoms with Crippen LogP contribution in [0.4, 0.5) is 0 Å². The van der Waals surface area contributed by atoms with Crippen molar-refractivity contribution in [2.75, 3.05) is 12.4 Å². The number of hydrogen-bond donors (Lipinski definition) is 1. The first-order valence-electron chi connectivity index (χ1n) is 6.34. The Bertz CT molecular complexity index is 504. The van der Waals surface area contributed by atoms with Gasteiger partial charge in [-0.15, -0.1) is 11.6 Å². The molecule has 2 atom stereocenters. The van der Waals surface area contributed by atoms with Crippen molar-refractivity contribution in [2.24, 2.45) is 5.92 Å². The predicted octanol–water partition coefficient (Wildman–Crippen LogP) is 2.42. The Hall–Kier alpha value is -1.26. The number of carboxylic acid groups (broad SMARTS) is 1. The standard InChI is InChI=1S/C14H15Cl2NO3/c15-7-10-6-13(18)17(8-10)12(14(19)20)5-9-1-3-11(16)4-2-9/h1-4,10,12H,5-8H2,(H,19,20). The van der Waals surface area contributed by atoms with Gasteiger partial charge in [-0.3, -0.25) is 4.79 Å². The van der Waals surface area contributed by atoms with Gasteiger partial charge in [-0.2, -0.15) is 0 Å². The number of aliphatic carboxylic acids is 1. The molecule has 4 nitrogen and oxygen atoms in total. The molecule has 0 spiro atoms. The molecule has 20 heavy (non-hydrogen) atoms. The van der Waals surface area contributed by atoms with Crippen LogP contribution in [0.1, 0.15) is 12.0 Å². The van der Waals surface area contributed by atoms with Crippen LogP contribution in [0, 0.1) is 5.92 Å². The van der Waals surface area contributed by atoms with Crippen LogP contribution in [-0.4, -0.2) is 40.3 Å². The van der Waals surface area contributed by atoms with E-state index in [0.717, 1.165) is 5.56 Å². The second-order valence-corrected chi connectivity index (χ2v) is 5.70. The number of nitrogens with zero attached hydrogens (tertiary/aromatic N) is 1. The van der Waals surface area contributed by atoms with Gasteiger partial charge in [-0.1, -0.05) is 23.7 Å². The molecule has 1 fully saturated rings. The highest BCUT2D eigenvalue weighted by Gasteiger charge is 2.37. The van der Waals surface area contributed by atoms with Gasteiger partial charge in [0.25, 0.3) is 0 Å². The molecule has 0 aliphatic carbocycles. The molecule has 108 valence electrons. The van der Waals surface area contributed by atoms with Crippen LogP contribution in [0.15, 0.2) is 24.3 Å². The fourth-order valence-electron chi connectivity index (χ4n) is 2.39. The Kier molecular flexibility index (Phi) is 4.89. The number of carbonyl (C=O) groups excluding carboxylic acids is 1. The number of likely N-dealkylation sites (tertiary alicyclic amines) is 1. The average Bonchev–Trinajstić information content (AvgIpc) is 2.79. The topological polar surface area (TPSA) is 57.6 Å². The summed E-state index contributed by atoms with van der Waals surface area (Å²) in [6.07, 6.45) is 0.598. The first-order chi connectivity index (χ1) is 9.51. The summed E-state index contributed by atoms with van der Waals surface area (Å²) in [6, 6.07) is 6.12. The summed E-state index contributed by atoms with van der Waals surface area (Å²) in [4.78, 5) is 24.8. The highest BCUT2D eigenvalue weighted by Crippen LogP contribution is 2.23. The van der Waals surface area contributed by atoms with Crippen molar-refractivity contribution in [3.8, 4) is 0 Å². The summed E-state index contributed by atoms with van der Waals surface area (Å²) in [5, 5.41) is 9.97. The summed E-state index contributed by atoms with van der Waals surface area (Å²) in [7, 11) is 0. The Morgan fingerprint density at radius 3 is 2.55 bits per heavy atom. The van der Waals surface area contributed by atoms with Crippen molar-refractivity contribution in [3.05, 3.63) is 34.9 Å². The number of alkyl halides is 1. The van der Waals surface area contributed by atoms with E-state index in [0.29, 0.717) is 23.9 Å². The van der Waals surface area contributed by atoms with Crippen molar-refractivity contribution < 1.29 is 14.7 Å². The summed E-state index contributed by atoms with van der Waals surface area (Å²) < 4.78 is 0. The molecule has 1 heterocycles. The zero-order valence-electron chi connectivity index (χ0n) is 10.8. The third-order valence-electron chi connectivity index (χ3n) is 3.46. The van der Waals surface area contributed by atoms with E-state index in [9.17, 15) is 14.7 Å². The van der Waals surface area contributed by atoms with Gasteiger partial charge in [0, 0.05) is 30.3 Å². The molecule has 1 amide bonds. The van der Waals surface area contributed by atoms with Crippen molar-refractivity contribution >= 4 is 35.1 Å². The van der Waals surface area contributed by atoms with Crippen molar-refractivity contribution in [1.29, 1.82) is 0 Å². The quantitative estimate of drug-likeness (QED) is 0.849. The maximum absolute atomic E-state index is 11.9. The van der Waals surface area contributed by atoms with Gasteiger partial charge in [0.15, 0.2) is 0 Å². The molecule has 2 unspecified atom stereocenters. The molecule has 1 saturated heterocycles. The number of carboxylic acids is 1. The predicted molar refractivity (Wildman–Crippen MR) is 77.1 cm³/mol. The summed E-state index contributed by atoms with van der Waals surface area (Å²) in [5.74, 6) is -0.730. The Balaban J connectivity index is 2.13. The molecule has 1 N–H and O–H groups in total. The molecule has 1 aliphatic rings. The number of hydrogen-bond acceptors (Lipinski definition) is 2. The summed E-state index contributed by atoms with van der Waals surface area (Å²) in [6.45, 7) is 0.410. The largest absolute Gasteiger partial charge is 0.480 e. The fraction of sp³-hybridized carbons (Fsp3) is 0.429. The molecular formula is C14H15Cl2NO3. The van der Waals surface area contributed by atoms with Crippen LogP contribution in [0.25, 0.3) is 0 Å². The molecule has 0 radical (unpaired) electrons. The van der Waals surface area contributed by atoms with Crippen molar-refractivity contribution in [1.82, 2.24) is 4.90 Å². The highest BCUT2D eigenvalue weighted by atomic mass is 35.5. The van der Waals surface area contributed by atoms with Crippen LogP contribution >= 0.6 is 23.2 Å². The third-order valence-corrected chi connectivity index (χ3v) is 4.15. The zero-order valence-corrected chi connectivity index (χ0v) is 12.3. The second kappa shape index (κ2) is 6.46. The number of carbonyl (C=O) groups is 2. The lowest BCUT2D eigenvalue weighted by Crippen LogP contribution is -2.43. The van der Waals surface area contributed by atoms with Crippen molar-refractivity contribution in [3.63, 3.8) is 0 Å². The van der Waals surface area contributed by atoms with E-state index in [2.05, 4.69) is 0 Å². The van der Waals surface area contributed by atoms with E-state index < -0.39 is 12.0 Å². The Labute approximate surface area is 127 Å². The minimum atomic E-state index is -0.997. The van der Waals surface area contributed by atoms with E-state index in [1.165, 1.54) is 4.90 Å². The van der Waals surface area contributed by atoms with E-state index in [1.807, 2.05) is 0 Å². The number of halogens is 2. The van der Waals surface area contributed by atoms with Crippen LogP contribution in [0.5, 0.6) is 0 Å². The summed E-state index contributed by atoms with van der Waals surface area (Å²) >= 11 is 11.6. The Morgan fingerprint density at radius 2 is 2.05 bits per heavy atom. The van der Waals surface area contributed by atoms with Gasteiger partial charge in [-0.25, -0.2) is 4.79 Å². The maximum Gasteiger partial charge on any atom is 0.326 e. The molecular weight excluding hydrogens is 301 g/mol. The molecule has 0 bridgehead atoms. The monoisotopic (exact) mass is 315 g/mol. The van der Waals surface area contributed by atoms with E-state index >= 15 is 0 Å². The first-order valence-corrected chi connectivity index (χ1v) is 7.25. The normalized spacial score (nSPS) is 20.2. The second-order valence-electron chi connectivity index (χ2n) is 4.96. The highest BCUT2D eigenvalue weighted by molar-refractivity contribution is 6.30. The smallest absolute Gasteiger partial charge is 0.326 e. The molecule has 0 saturated carbocycles.